The first-order chi connectivity index (χ1) is 11.8. The Bertz CT molecular complexity index is 823. The zero-order chi connectivity index (χ0) is 16.5. The smallest absolute Gasteiger partial charge is 0.106 e. The number of fused-ring (bicyclic) bond motifs is 3. The molecular formula is C21H23NOS. The van der Waals surface area contributed by atoms with Crippen LogP contribution in [0.5, 0.6) is 0 Å². The van der Waals surface area contributed by atoms with Crippen molar-refractivity contribution in [2.24, 2.45) is 5.16 Å². The maximum Gasteiger partial charge on any atom is 0.106 e. The first kappa shape index (κ1) is 15.8. The fourth-order valence-electron chi connectivity index (χ4n) is 4.02. The molecule has 1 unspecified atom stereocenters. The molecule has 2 atom stereocenters. The van der Waals surface area contributed by atoms with Crippen LogP contribution in [0.1, 0.15) is 38.2 Å². The van der Waals surface area contributed by atoms with Crippen LogP contribution in [0.2, 0.25) is 0 Å². The quantitative estimate of drug-likeness (QED) is 0.529. The molecule has 0 aliphatic carbocycles. The van der Waals surface area contributed by atoms with Gasteiger partial charge in [-0.3, -0.25) is 0 Å². The summed E-state index contributed by atoms with van der Waals surface area (Å²) in [4.78, 5) is 5.15. The molecule has 2 nitrogen and oxygen atoms in total. The van der Waals surface area contributed by atoms with E-state index in [-0.39, 0.29) is 0 Å². The number of hydrogen-bond donors (Lipinski definition) is 0. The summed E-state index contributed by atoms with van der Waals surface area (Å²) in [6, 6.07) is 15.5. The summed E-state index contributed by atoms with van der Waals surface area (Å²) in [7, 11) is 1.65. The van der Waals surface area contributed by atoms with E-state index >= 15 is 0 Å². The minimum atomic E-state index is 0.582. The zero-order valence-electron chi connectivity index (χ0n) is 14.3. The molecule has 4 rings (SSSR count). The van der Waals surface area contributed by atoms with Gasteiger partial charge in [0.05, 0.1) is 5.71 Å². The molecule has 0 spiro atoms. The van der Waals surface area contributed by atoms with Crippen molar-refractivity contribution < 1.29 is 4.84 Å². The molecule has 0 amide bonds. The number of benzene rings is 2. The Morgan fingerprint density at radius 2 is 2.00 bits per heavy atom. The maximum atomic E-state index is 5.15. The topological polar surface area (TPSA) is 21.6 Å². The van der Waals surface area contributed by atoms with Crippen LogP contribution in [0.25, 0.3) is 16.3 Å². The van der Waals surface area contributed by atoms with Crippen molar-refractivity contribution >= 4 is 33.8 Å². The van der Waals surface area contributed by atoms with Gasteiger partial charge in [0.15, 0.2) is 0 Å². The second-order valence-corrected chi connectivity index (χ2v) is 8.06. The van der Waals surface area contributed by atoms with Gasteiger partial charge in [0.2, 0.25) is 0 Å². The van der Waals surface area contributed by atoms with Crippen molar-refractivity contribution in [3.05, 3.63) is 53.6 Å². The third-order valence-corrected chi connectivity index (χ3v) is 6.72. The van der Waals surface area contributed by atoms with Crippen LogP contribution < -0.4 is 0 Å². The highest BCUT2D eigenvalue weighted by Gasteiger charge is 2.37. The Labute approximate surface area is 148 Å². The van der Waals surface area contributed by atoms with E-state index in [1.165, 1.54) is 40.3 Å². The second-order valence-electron chi connectivity index (χ2n) is 6.56. The van der Waals surface area contributed by atoms with Crippen molar-refractivity contribution in [1.29, 1.82) is 0 Å². The number of nitrogens with zero attached hydrogens (tertiary/aromatic N) is 1. The Balaban J connectivity index is 1.88. The molecule has 0 radical (unpaired) electrons. The number of oxime groups is 1. The lowest BCUT2D eigenvalue weighted by Gasteiger charge is -2.27. The van der Waals surface area contributed by atoms with Crippen LogP contribution in [0.4, 0.5) is 0 Å². The summed E-state index contributed by atoms with van der Waals surface area (Å²) in [6.45, 7) is 2.18. The summed E-state index contributed by atoms with van der Waals surface area (Å²) in [6.07, 6.45) is 4.66. The molecule has 2 bridgehead atoms. The minimum Gasteiger partial charge on any atom is -0.399 e. The van der Waals surface area contributed by atoms with Crippen LogP contribution in [-0.4, -0.2) is 23.3 Å². The third-order valence-electron chi connectivity index (χ3n) is 5.13. The van der Waals surface area contributed by atoms with Crippen LogP contribution in [-0.2, 0) is 4.84 Å². The summed E-state index contributed by atoms with van der Waals surface area (Å²) in [5, 5.41) is 8.33. The molecule has 1 saturated heterocycles. The largest absolute Gasteiger partial charge is 0.399 e. The highest BCUT2D eigenvalue weighted by molar-refractivity contribution is 8.01. The van der Waals surface area contributed by atoms with Gasteiger partial charge in [0.25, 0.3) is 0 Å². The van der Waals surface area contributed by atoms with Gasteiger partial charge in [-0.05, 0) is 59.2 Å². The fourth-order valence-corrected chi connectivity index (χ4v) is 5.71. The molecule has 1 fully saturated rings. The first-order valence-electron chi connectivity index (χ1n) is 8.78. The van der Waals surface area contributed by atoms with Crippen LogP contribution in [0, 0.1) is 0 Å². The lowest BCUT2D eigenvalue weighted by atomic mass is 9.90. The molecule has 3 heteroatoms. The molecule has 124 valence electrons. The summed E-state index contributed by atoms with van der Waals surface area (Å²) < 4.78 is 0. The molecule has 0 saturated carbocycles. The van der Waals surface area contributed by atoms with Crippen molar-refractivity contribution in [3.8, 4) is 0 Å². The Morgan fingerprint density at radius 1 is 1.17 bits per heavy atom. The van der Waals surface area contributed by atoms with Crippen LogP contribution in [0.15, 0.2) is 53.2 Å². The van der Waals surface area contributed by atoms with Gasteiger partial charge in [-0.2, -0.15) is 0 Å². The van der Waals surface area contributed by atoms with E-state index in [2.05, 4.69) is 66.3 Å². The minimum absolute atomic E-state index is 0.582. The predicted octanol–water partition coefficient (Wildman–Crippen LogP) is 5.67. The molecule has 0 aromatic heterocycles. The molecule has 2 heterocycles. The summed E-state index contributed by atoms with van der Waals surface area (Å²) in [5.41, 5.74) is 5.41. The maximum absolute atomic E-state index is 5.15. The number of allylic oxidation sites excluding steroid dienone is 1. The molecule has 2 aliphatic rings. The number of rotatable bonds is 4. The van der Waals surface area contributed by atoms with Crippen molar-refractivity contribution in [2.75, 3.05) is 7.11 Å². The van der Waals surface area contributed by atoms with E-state index < -0.39 is 0 Å². The normalized spacial score (nSPS) is 23.8. The van der Waals surface area contributed by atoms with Crippen LogP contribution >= 0.6 is 11.8 Å². The van der Waals surface area contributed by atoms with Gasteiger partial charge < -0.3 is 4.84 Å². The third kappa shape index (κ3) is 2.75. The predicted molar refractivity (Wildman–Crippen MR) is 105 cm³/mol. The Hall–Kier alpha value is -1.74. The van der Waals surface area contributed by atoms with Crippen LogP contribution in [0.3, 0.4) is 0 Å². The monoisotopic (exact) mass is 337 g/mol. The van der Waals surface area contributed by atoms with E-state index in [0.717, 1.165) is 23.8 Å². The van der Waals surface area contributed by atoms with E-state index in [9.17, 15) is 0 Å². The SMILES string of the molecule is CCC(=NOC)C1=C(c2ccc3ccccc3c2)CC2CC[C@H]1S2. The van der Waals surface area contributed by atoms with Gasteiger partial charge in [0.1, 0.15) is 7.11 Å². The summed E-state index contributed by atoms with van der Waals surface area (Å²) in [5.74, 6) is 0. The second kappa shape index (κ2) is 6.64. The standard InChI is InChI=1S/C21H23NOS/c1-3-19(22-23-2)21-18(13-17-10-11-20(21)24-17)16-9-8-14-6-4-5-7-15(14)12-16/h4-9,12,17,20H,3,10-11,13H2,1-2H3/t17?,20-/m1/s1. The van der Waals surface area contributed by atoms with Gasteiger partial charge >= 0.3 is 0 Å². The number of thioether (sulfide) groups is 1. The zero-order valence-corrected chi connectivity index (χ0v) is 15.1. The van der Waals surface area contributed by atoms with Crippen molar-refractivity contribution in [3.63, 3.8) is 0 Å². The van der Waals surface area contributed by atoms with Gasteiger partial charge in [-0.1, -0.05) is 48.5 Å². The van der Waals surface area contributed by atoms with Crippen molar-refractivity contribution in [1.82, 2.24) is 0 Å². The van der Waals surface area contributed by atoms with E-state index in [4.69, 9.17) is 4.84 Å². The summed E-state index contributed by atoms with van der Waals surface area (Å²) >= 11 is 2.14. The molecule has 2 aromatic rings. The van der Waals surface area contributed by atoms with Gasteiger partial charge in [-0.15, -0.1) is 11.8 Å². The lowest BCUT2D eigenvalue weighted by Crippen LogP contribution is -2.19. The van der Waals surface area contributed by atoms with E-state index in [0.29, 0.717) is 5.25 Å². The number of hydrogen-bond acceptors (Lipinski definition) is 3. The fraction of sp³-hybridized carbons (Fsp3) is 0.381. The molecule has 2 aromatic carbocycles. The molecular weight excluding hydrogens is 314 g/mol. The Morgan fingerprint density at radius 3 is 2.79 bits per heavy atom. The molecule has 0 N–H and O–H groups in total. The first-order valence-corrected chi connectivity index (χ1v) is 9.72. The van der Waals surface area contributed by atoms with Crippen molar-refractivity contribution in [2.45, 2.75) is 43.1 Å². The molecule has 24 heavy (non-hydrogen) atoms. The Kier molecular flexibility index (Phi) is 4.36. The molecule has 2 aliphatic heterocycles. The highest BCUT2D eigenvalue weighted by Crippen LogP contribution is 2.50. The van der Waals surface area contributed by atoms with Gasteiger partial charge in [-0.25, -0.2) is 0 Å². The average molecular weight is 337 g/mol. The van der Waals surface area contributed by atoms with Gasteiger partial charge in [0, 0.05) is 10.5 Å². The average Bonchev–Trinajstić information content (AvgIpc) is 3.01. The van der Waals surface area contributed by atoms with E-state index in [1.807, 2.05) is 0 Å². The lowest BCUT2D eigenvalue weighted by molar-refractivity contribution is 0.213. The highest BCUT2D eigenvalue weighted by atomic mass is 32.2. The van der Waals surface area contributed by atoms with E-state index in [1.54, 1.807) is 7.11 Å².